The first kappa shape index (κ1) is 26.6. The van der Waals surface area contributed by atoms with E-state index in [2.05, 4.69) is 31.4 Å². The van der Waals surface area contributed by atoms with Crippen LogP contribution < -0.4 is 14.5 Å². The molecule has 0 fully saturated rings. The number of halogens is 2. The van der Waals surface area contributed by atoms with Crippen molar-refractivity contribution in [2.75, 3.05) is 18.0 Å². The van der Waals surface area contributed by atoms with Gasteiger partial charge in [-0.2, -0.15) is 5.10 Å². The number of carbonyl (C=O) groups is 1. The zero-order chi connectivity index (χ0) is 26.6. The van der Waals surface area contributed by atoms with Crippen molar-refractivity contribution >= 4 is 66.3 Å². The van der Waals surface area contributed by atoms with E-state index in [-0.39, 0.29) is 10.0 Å². The molecule has 37 heavy (non-hydrogen) atoms. The first-order valence-electron chi connectivity index (χ1n) is 11.0. The van der Waals surface area contributed by atoms with Crippen LogP contribution in [0.1, 0.15) is 11.1 Å². The third-order valence-electron chi connectivity index (χ3n) is 5.39. The lowest BCUT2D eigenvalue weighted by Gasteiger charge is -2.24. The number of benzene rings is 3. The molecule has 11 heteroatoms. The number of aromatic nitrogens is 1. The molecule has 0 aliphatic rings. The van der Waals surface area contributed by atoms with Gasteiger partial charge in [0.2, 0.25) is 0 Å². The average Bonchev–Trinajstić information content (AvgIpc) is 2.87. The minimum atomic E-state index is -4.04. The molecule has 8 nitrogen and oxygen atoms in total. The third kappa shape index (κ3) is 6.27. The van der Waals surface area contributed by atoms with Gasteiger partial charge in [0.15, 0.2) is 0 Å². The summed E-state index contributed by atoms with van der Waals surface area (Å²) in [7, 11) is -2.47. The summed E-state index contributed by atoms with van der Waals surface area (Å²) in [5.41, 5.74) is 4.75. The van der Waals surface area contributed by atoms with Crippen molar-refractivity contribution in [2.45, 2.75) is 11.8 Å². The molecule has 0 saturated heterocycles. The molecule has 0 bridgehead atoms. The molecule has 4 rings (SSSR count). The summed E-state index contributed by atoms with van der Waals surface area (Å²) in [5, 5.41) is 4.97. The molecule has 0 spiro atoms. The lowest BCUT2D eigenvalue weighted by molar-refractivity contribution is -0.119. The highest BCUT2D eigenvalue weighted by Crippen LogP contribution is 2.27. The minimum Gasteiger partial charge on any atom is -0.497 e. The van der Waals surface area contributed by atoms with Crippen LogP contribution in [-0.2, 0) is 14.8 Å². The Morgan fingerprint density at radius 2 is 1.89 bits per heavy atom. The van der Waals surface area contributed by atoms with Gasteiger partial charge in [-0.15, -0.1) is 0 Å². The SMILES string of the molecule is COc1ccc2cc(/C=N\NC(=O)CN(c3cccc(Br)c3)S(=O)(=O)c3ccc(C)cc3)c(Cl)nc2c1. The van der Waals surface area contributed by atoms with Crippen molar-refractivity contribution < 1.29 is 17.9 Å². The molecule has 1 aromatic heterocycles. The Morgan fingerprint density at radius 3 is 2.59 bits per heavy atom. The number of pyridine rings is 1. The first-order valence-corrected chi connectivity index (χ1v) is 13.6. The molecule has 0 atom stereocenters. The number of carbonyl (C=O) groups excluding carboxylic acids is 1. The van der Waals surface area contributed by atoms with Crippen molar-refractivity contribution in [3.8, 4) is 5.75 Å². The Balaban J connectivity index is 1.56. The number of sulfonamides is 1. The number of aryl methyl sites for hydroxylation is 1. The molecule has 0 unspecified atom stereocenters. The van der Waals surface area contributed by atoms with Gasteiger partial charge in [0.1, 0.15) is 17.4 Å². The number of methoxy groups -OCH3 is 1. The molecular weight excluding hydrogens is 580 g/mol. The van der Waals surface area contributed by atoms with E-state index in [9.17, 15) is 13.2 Å². The van der Waals surface area contributed by atoms with E-state index in [1.165, 1.54) is 18.3 Å². The fraction of sp³-hybridized carbons (Fsp3) is 0.115. The van der Waals surface area contributed by atoms with E-state index in [1.807, 2.05) is 13.0 Å². The number of ether oxygens (including phenoxy) is 1. The summed E-state index contributed by atoms with van der Waals surface area (Å²) in [6, 6.07) is 20.3. The molecule has 1 heterocycles. The van der Waals surface area contributed by atoms with Gasteiger partial charge in [-0.05, 0) is 55.5 Å². The standard InChI is InChI=1S/C26H22BrClN4O4S/c1-17-6-10-23(11-7-17)37(34,35)32(21-5-3-4-20(27)13-21)16-25(33)31-29-15-19-12-18-8-9-22(36-2)14-24(18)30-26(19)28/h3-15H,16H2,1-2H3,(H,31,33)/b29-15-. The third-order valence-corrected chi connectivity index (χ3v) is 7.97. The monoisotopic (exact) mass is 600 g/mol. The van der Waals surface area contributed by atoms with Crippen LogP contribution in [0.4, 0.5) is 5.69 Å². The van der Waals surface area contributed by atoms with Crippen LogP contribution in [0.3, 0.4) is 0 Å². The molecule has 0 aliphatic carbocycles. The maximum absolute atomic E-state index is 13.5. The molecule has 1 N–H and O–H groups in total. The summed E-state index contributed by atoms with van der Waals surface area (Å²) in [6.07, 6.45) is 1.36. The largest absolute Gasteiger partial charge is 0.497 e. The quantitative estimate of drug-likeness (QED) is 0.168. The van der Waals surface area contributed by atoms with Crippen LogP contribution in [-0.4, -0.2) is 39.2 Å². The van der Waals surface area contributed by atoms with Gasteiger partial charge in [-0.25, -0.2) is 18.8 Å². The summed E-state index contributed by atoms with van der Waals surface area (Å²) in [6.45, 7) is 1.37. The maximum atomic E-state index is 13.5. The number of hydrazone groups is 1. The molecule has 190 valence electrons. The minimum absolute atomic E-state index is 0.0695. The van der Waals surface area contributed by atoms with Gasteiger partial charge in [0.25, 0.3) is 15.9 Å². The Morgan fingerprint density at radius 1 is 1.14 bits per heavy atom. The van der Waals surface area contributed by atoms with Crippen LogP contribution >= 0.6 is 27.5 Å². The Kier molecular flexibility index (Phi) is 8.11. The molecular formula is C26H22BrClN4O4S. The van der Waals surface area contributed by atoms with E-state index in [4.69, 9.17) is 16.3 Å². The molecule has 0 saturated carbocycles. The average molecular weight is 602 g/mol. The lowest BCUT2D eigenvalue weighted by Crippen LogP contribution is -2.39. The molecule has 4 aromatic rings. The fourth-order valence-corrected chi connectivity index (χ4v) is 5.47. The predicted molar refractivity (Wildman–Crippen MR) is 149 cm³/mol. The number of anilines is 1. The van der Waals surface area contributed by atoms with Crippen LogP contribution in [0.15, 0.2) is 87.3 Å². The highest BCUT2D eigenvalue weighted by Gasteiger charge is 2.27. The van der Waals surface area contributed by atoms with Crippen molar-refractivity contribution in [1.29, 1.82) is 0 Å². The van der Waals surface area contributed by atoms with Crippen molar-refractivity contribution in [2.24, 2.45) is 5.10 Å². The number of nitrogens with zero attached hydrogens (tertiary/aromatic N) is 3. The highest BCUT2D eigenvalue weighted by molar-refractivity contribution is 9.10. The Labute approximate surface area is 228 Å². The van der Waals surface area contributed by atoms with Gasteiger partial charge < -0.3 is 4.74 Å². The molecule has 0 radical (unpaired) electrons. The number of rotatable bonds is 8. The zero-order valence-electron chi connectivity index (χ0n) is 19.9. The van der Waals surface area contributed by atoms with Gasteiger partial charge in [0.05, 0.1) is 29.4 Å². The van der Waals surface area contributed by atoms with E-state index in [0.29, 0.717) is 27.0 Å². The van der Waals surface area contributed by atoms with Crippen LogP contribution in [0, 0.1) is 6.92 Å². The van der Waals surface area contributed by atoms with Crippen LogP contribution in [0.2, 0.25) is 5.15 Å². The smallest absolute Gasteiger partial charge is 0.264 e. The Hall–Kier alpha value is -3.47. The second-order valence-electron chi connectivity index (χ2n) is 8.02. The summed E-state index contributed by atoms with van der Waals surface area (Å²) in [5.74, 6) is 0.0156. The van der Waals surface area contributed by atoms with Crippen molar-refractivity contribution in [1.82, 2.24) is 10.4 Å². The second kappa shape index (κ2) is 11.3. The fourth-order valence-electron chi connectivity index (χ4n) is 3.48. The van der Waals surface area contributed by atoms with E-state index in [1.54, 1.807) is 61.7 Å². The topological polar surface area (TPSA) is 101 Å². The van der Waals surface area contributed by atoms with Gasteiger partial charge in [0, 0.05) is 21.5 Å². The normalized spacial score (nSPS) is 11.6. The van der Waals surface area contributed by atoms with Gasteiger partial charge >= 0.3 is 0 Å². The number of hydrogen-bond acceptors (Lipinski definition) is 6. The van der Waals surface area contributed by atoms with Crippen molar-refractivity contribution in [3.05, 3.63) is 93.5 Å². The maximum Gasteiger partial charge on any atom is 0.264 e. The number of amides is 1. The van der Waals surface area contributed by atoms with Crippen molar-refractivity contribution in [3.63, 3.8) is 0 Å². The lowest BCUT2D eigenvalue weighted by atomic mass is 10.1. The van der Waals surface area contributed by atoms with Crippen LogP contribution in [0.5, 0.6) is 5.75 Å². The number of hydrogen-bond donors (Lipinski definition) is 1. The van der Waals surface area contributed by atoms with Gasteiger partial charge in [-0.1, -0.05) is 51.3 Å². The summed E-state index contributed by atoms with van der Waals surface area (Å²) in [4.78, 5) is 17.2. The molecule has 0 aliphatic heterocycles. The first-order chi connectivity index (χ1) is 17.7. The van der Waals surface area contributed by atoms with E-state index in [0.717, 1.165) is 15.3 Å². The highest BCUT2D eigenvalue weighted by atomic mass is 79.9. The van der Waals surface area contributed by atoms with Gasteiger partial charge in [-0.3, -0.25) is 9.10 Å². The summed E-state index contributed by atoms with van der Waals surface area (Å²) < 4.78 is 33.8. The summed E-state index contributed by atoms with van der Waals surface area (Å²) >= 11 is 9.64. The van der Waals surface area contributed by atoms with E-state index >= 15 is 0 Å². The zero-order valence-corrected chi connectivity index (χ0v) is 23.0. The number of fused-ring (bicyclic) bond motifs is 1. The van der Waals surface area contributed by atoms with E-state index < -0.39 is 22.5 Å². The van der Waals surface area contributed by atoms with Crippen LogP contribution in [0.25, 0.3) is 10.9 Å². The predicted octanol–water partition coefficient (Wildman–Crippen LogP) is 5.31. The molecule has 3 aromatic carbocycles. The number of nitrogens with one attached hydrogen (secondary N) is 1. The Bertz CT molecular complexity index is 1590. The molecule has 1 amide bonds. The second-order valence-corrected chi connectivity index (χ2v) is 11.2.